The minimum atomic E-state index is -0.0415. The first-order valence-corrected chi connectivity index (χ1v) is 8.55. The van der Waals surface area contributed by atoms with Gasteiger partial charge in [-0.3, -0.25) is 4.79 Å². The van der Waals surface area contributed by atoms with E-state index >= 15 is 0 Å². The average molecular weight is 321 g/mol. The van der Waals surface area contributed by atoms with Gasteiger partial charge in [-0.2, -0.15) is 0 Å². The molecule has 0 fully saturated rings. The van der Waals surface area contributed by atoms with Gasteiger partial charge in [-0.25, -0.2) is 4.98 Å². The molecule has 0 spiro atoms. The van der Waals surface area contributed by atoms with Crippen LogP contribution < -0.4 is 10.9 Å². The van der Waals surface area contributed by atoms with Gasteiger partial charge in [0.05, 0.1) is 10.9 Å². The second-order valence-electron chi connectivity index (χ2n) is 6.00. The highest BCUT2D eigenvalue weighted by Crippen LogP contribution is 2.08. The number of H-pyrrole nitrogens is 1. The average Bonchev–Trinajstić information content (AvgIpc) is 2.62. The molecule has 0 aliphatic carbocycles. The van der Waals surface area contributed by atoms with Crippen molar-refractivity contribution in [3.05, 3.63) is 76.3 Å². The molecule has 0 amide bonds. The Hall–Kier alpha value is -2.46. The van der Waals surface area contributed by atoms with E-state index in [2.05, 4.69) is 39.6 Å². The summed E-state index contributed by atoms with van der Waals surface area (Å²) in [5.41, 5.74) is 2.05. The number of aromatic nitrogens is 2. The van der Waals surface area contributed by atoms with Crippen molar-refractivity contribution in [2.24, 2.45) is 0 Å². The Bertz CT molecular complexity index is 827. The topological polar surface area (TPSA) is 57.8 Å². The number of unbranched alkanes of at least 4 members (excludes halogenated alkanes) is 2. The van der Waals surface area contributed by atoms with Gasteiger partial charge in [0, 0.05) is 13.0 Å². The van der Waals surface area contributed by atoms with E-state index in [4.69, 9.17) is 0 Å². The molecule has 0 aliphatic rings. The lowest BCUT2D eigenvalue weighted by atomic mass is 10.1. The van der Waals surface area contributed by atoms with Gasteiger partial charge in [-0.1, -0.05) is 48.9 Å². The third-order valence-corrected chi connectivity index (χ3v) is 4.10. The van der Waals surface area contributed by atoms with E-state index in [1.165, 1.54) is 5.56 Å². The molecule has 1 aromatic heterocycles. The summed E-state index contributed by atoms with van der Waals surface area (Å²) < 4.78 is 0. The first-order valence-electron chi connectivity index (χ1n) is 8.55. The first kappa shape index (κ1) is 16.4. The smallest absolute Gasteiger partial charge is 0.258 e. The molecule has 1 heterocycles. The maximum atomic E-state index is 12.0. The highest BCUT2D eigenvalue weighted by Gasteiger charge is 2.02. The fraction of sp³-hybridized carbons (Fsp3) is 0.300. The van der Waals surface area contributed by atoms with Crippen molar-refractivity contribution in [1.29, 1.82) is 0 Å². The monoisotopic (exact) mass is 321 g/mol. The van der Waals surface area contributed by atoms with E-state index in [9.17, 15) is 4.79 Å². The van der Waals surface area contributed by atoms with Crippen molar-refractivity contribution in [3.8, 4) is 0 Å². The second-order valence-corrected chi connectivity index (χ2v) is 6.00. The van der Waals surface area contributed by atoms with Crippen LogP contribution in [0.5, 0.6) is 0 Å². The summed E-state index contributed by atoms with van der Waals surface area (Å²) in [6, 6.07) is 17.9. The number of benzene rings is 2. The van der Waals surface area contributed by atoms with Crippen LogP contribution in [0.2, 0.25) is 0 Å². The van der Waals surface area contributed by atoms with Gasteiger partial charge in [-0.15, -0.1) is 0 Å². The van der Waals surface area contributed by atoms with Gasteiger partial charge in [-0.05, 0) is 37.1 Å². The van der Waals surface area contributed by atoms with E-state index in [1.54, 1.807) is 0 Å². The Balaban J connectivity index is 1.38. The number of hydrogen-bond acceptors (Lipinski definition) is 3. The van der Waals surface area contributed by atoms with Crippen LogP contribution in [0.25, 0.3) is 10.9 Å². The SMILES string of the molecule is O=c1[nH]c(CCCCCNCc2ccccc2)nc2ccccc12. The maximum Gasteiger partial charge on any atom is 0.258 e. The minimum Gasteiger partial charge on any atom is -0.313 e. The van der Waals surface area contributed by atoms with E-state index in [-0.39, 0.29) is 5.56 Å². The number of fused-ring (bicyclic) bond motifs is 1. The van der Waals surface area contributed by atoms with Gasteiger partial charge in [0.25, 0.3) is 5.56 Å². The van der Waals surface area contributed by atoms with Gasteiger partial charge in [0.15, 0.2) is 0 Å². The number of aromatic amines is 1. The fourth-order valence-corrected chi connectivity index (χ4v) is 2.80. The number of nitrogens with zero attached hydrogens (tertiary/aromatic N) is 1. The lowest BCUT2D eigenvalue weighted by Gasteiger charge is -2.05. The predicted molar refractivity (Wildman–Crippen MR) is 98.1 cm³/mol. The van der Waals surface area contributed by atoms with Gasteiger partial charge in [0.1, 0.15) is 5.82 Å². The molecule has 0 radical (unpaired) electrons. The van der Waals surface area contributed by atoms with Crippen LogP contribution in [-0.2, 0) is 13.0 Å². The third kappa shape index (κ3) is 4.52. The first-order chi connectivity index (χ1) is 11.8. The van der Waals surface area contributed by atoms with E-state index < -0.39 is 0 Å². The molecule has 3 aromatic rings. The molecule has 0 atom stereocenters. The van der Waals surface area contributed by atoms with Crippen LogP contribution in [0, 0.1) is 0 Å². The summed E-state index contributed by atoms with van der Waals surface area (Å²) in [6.07, 6.45) is 4.11. The van der Waals surface area contributed by atoms with E-state index in [0.29, 0.717) is 5.39 Å². The summed E-state index contributed by atoms with van der Waals surface area (Å²) >= 11 is 0. The molecule has 0 saturated carbocycles. The zero-order chi connectivity index (χ0) is 16.6. The molecule has 4 heteroatoms. The largest absolute Gasteiger partial charge is 0.313 e. The molecule has 2 aromatic carbocycles. The summed E-state index contributed by atoms with van der Waals surface area (Å²) in [5, 5.41) is 4.12. The van der Waals surface area contributed by atoms with E-state index in [0.717, 1.165) is 50.1 Å². The van der Waals surface area contributed by atoms with Crippen LogP contribution in [0.15, 0.2) is 59.4 Å². The number of aryl methyl sites for hydroxylation is 1. The molecule has 24 heavy (non-hydrogen) atoms. The molecule has 0 saturated heterocycles. The fourth-order valence-electron chi connectivity index (χ4n) is 2.80. The summed E-state index contributed by atoms with van der Waals surface area (Å²) in [5.74, 6) is 0.788. The van der Waals surface area contributed by atoms with Crippen LogP contribution in [0.1, 0.15) is 30.7 Å². The molecule has 0 aliphatic heterocycles. The molecule has 0 bridgehead atoms. The number of para-hydroxylation sites is 1. The number of hydrogen-bond donors (Lipinski definition) is 2. The third-order valence-electron chi connectivity index (χ3n) is 4.10. The predicted octanol–water partition coefficient (Wildman–Crippen LogP) is 3.43. The molecule has 0 unspecified atom stereocenters. The molecule has 2 N–H and O–H groups in total. The lowest BCUT2D eigenvalue weighted by Crippen LogP contribution is -2.15. The maximum absolute atomic E-state index is 12.0. The van der Waals surface area contributed by atoms with Gasteiger partial charge in [0.2, 0.25) is 0 Å². The highest BCUT2D eigenvalue weighted by molar-refractivity contribution is 5.77. The molecule has 3 rings (SSSR count). The zero-order valence-corrected chi connectivity index (χ0v) is 13.8. The Kier molecular flexibility index (Phi) is 5.75. The summed E-state index contributed by atoms with van der Waals surface area (Å²) in [4.78, 5) is 19.4. The highest BCUT2D eigenvalue weighted by atomic mass is 16.1. The summed E-state index contributed by atoms with van der Waals surface area (Å²) in [6.45, 7) is 1.93. The zero-order valence-electron chi connectivity index (χ0n) is 13.8. The van der Waals surface area contributed by atoms with Crippen LogP contribution in [-0.4, -0.2) is 16.5 Å². The van der Waals surface area contributed by atoms with Gasteiger partial charge < -0.3 is 10.3 Å². The van der Waals surface area contributed by atoms with Crippen molar-refractivity contribution in [3.63, 3.8) is 0 Å². The quantitative estimate of drug-likeness (QED) is 0.625. The molecular weight excluding hydrogens is 298 g/mol. The molecule has 4 nitrogen and oxygen atoms in total. The Morgan fingerprint density at radius 1 is 0.917 bits per heavy atom. The van der Waals surface area contributed by atoms with Crippen molar-refractivity contribution in [2.75, 3.05) is 6.54 Å². The molecular formula is C20H23N3O. The van der Waals surface area contributed by atoms with Crippen molar-refractivity contribution < 1.29 is 0 Å². The van der Waals surface area contributed by atoms with Crippen molar-refractivity contribution >= 4 is 10.9 Å². The van der Waals surface area contributed by atoms with Crippen LogP contribution in [0.4, 0.5) is 0 Å². The molecule has 124 valence electrons. The van der Waals surface area contributed by atoms with Crippen LogP contribution >= 0.6 is 0 Å². The summed E-state index contributed by atoms with van der Waals surface area (Å²) in [7, 11) is 0. The number of nitrogens with one attached hydrogen (secondary N) is 2. The Morgan fingerprint density at radius 2 is 1.71 bits per heavy atom. The van der Waals surface area contributed by atoms with E-state index in [1.807, 2.05) is 30.3 Å². The van der Waals surface area contributed by atoms with Crippen molar-refractivity contribution in [1.82, 2.24) is 15.3 Å². The van der Waals surface area contributed by atoms with Crippen molar-refractivity contribution in [2.45, 2.75) is 32.2 Å². The number of rotatable bonds is 8. The Labute approximate surface area is 142 Å². The van der Waals surface area contributed by atoms with Gasteiger partial charge >= 0.3 is 0 Å². The minimum absolute atomic E-state index is 0.0415. The van der Waals surface area contributed by atoms with Crippen LogP contribution in [0.3, 0.4) is 0 Å². The standard InChI is InChI=1S/C20H23N3O/c24-20-17-11-6-7-12-18(17)22-19(23-20)13-5-2-8-14-21-15-16-9-3-1-4-10-16/h1,3-4,6-7,9-12,21H,2,5,8,13-15H2,(H,22,23,24). The second kappa shape index (κ2) is 8.41. The lowest BCUT2D eigenvalue weighted by molar-refractivity contribution is 0.597. The normalized spacial score (nSPS) is 11.0. The Morgan fingerprint density at radius 3 is 2.58 bits per heavy atom.